The van der Waals surface area contributed by atoms with Gasteiger partial charge in [0.25, 0.3) is 0 Å². The minimum atomic E-state index is -0.578. The molecule has 0 spiro atoms. The standard InChI is InChI=1S/C10H10O5/c11-6-1-4-2-14-9(12)7(4)8-5(6)3-15-10(8)13/h4-5,7-8H,1-3H2/t4-,5-,7+,8-/m0/s1. The van der Waals surface area contributed by atoms with E-state index in [0.29, 0.717) is 6.42 Å². The average Bonchev–Trinajstić information content (AvgIpc) is 2.72. The number of hydrogen-bond donors (Lipinski definition) is 0. The Bertz CT molecular complexity index is 361. The first kappa shape index (κ1) is 8.88. The largest absolute Gasteiger partial charge is 0.465 e. The molecule has 15 heavy (non-hydrogen) atoms. The van der Waals surface area contributed by atoms with Gasteiger partial charge in [0, 0.05) is 12.3 Å². The first-order chi connectivity index (χ1) is 7.18. The van der Waals surface area contributed by atoms with Gasteiger partial charge < -0.3 is 9.47 Å². The molecule has 0 aromatic rings. The molecule has 5 heteroatoms. The predicted octanol–water partition coefficient (Wildman–Crippen LogP) is -0.462. The molecule has 1 aliphatic carbocycles. The van der Waals surface area contributed by atoms with Crippen molar-refractivity contribution in [3.8, 4) is 0 Å². The van der Waals surface area contributed by atoms with E-state index in [1.165, 1.54) is 0 Å². The van der Waals surface area contributed by atoms with Gasteiger partial charge in [0.15, 0.2) is 0 Å². The van der Waals surface area contributed by atoms with Crippen molar-refractivity contribution < 1.29 is 23.9 Å². The zero-order chi connectivity index (χ0) is 10.6. The molecular weight excluding hydrogens is 200 g/mol. The number of carbonyl (C=O) groups excluding carboxylic acids is 3. The summed E-state index contributed by atoms with van der Waals surface area (Å²) >= 11 is 0. The van der Waals surface area contributed by atoms with Crippen LogP contribution in [0.2, 0.25) is 0 Å². The van der Waals surface area contributed by atoms with E-state index in [2.05, 4.69) is 0 Å². The summed E-state index contributed by atoms with van der Waals surface area (Å²) in [5.74, 6) is -2.27. The van der Waals surface area contributed by atoms with Gasteiger partial charge in [-0.15, -0.1) is 0 Å². The number of ether oxygens (including phenoxy) is 2. The van der Waals surface area contributed by atoms with Crippen molar-refractivity contribution >= 4 is 17.7 Å². The lowest BCUT2D eigenvalue weighted by Gasteiger charge is -2.27. The maximum Gasteiger partial charge on any atom is 0.310 e. The van der Waals surface area contributed by atoms with Gasteiger partial charge in [0.05, 0.1) is 24.4 Å². The Morgan fingerprint density at radius 1 is 0.933 bits per heavy atom. The Balaban J connectivity index is 2.00. The first-order valence-electron chi connectivity index (χ1n) is 5.04. The highest BCUT2D eigenvalue weighted by Gasteiger charge is 2.58. The third-order valence-corrected chi connectivity index (χ3v) is 3.59. The summed E-state index contributed by atoms with van der Waals surface area (Å²) in [5, 5.41) is 0. The zero-order valence-corrected chi connectivity index (χ0v) is 7.97. The highest BCUT2D eigenvalue weighted by molar-refractivity contribution is 5.95. The molecule has 3 rings (SSSR count). The smallest absolute Gasteiger partial charge is 0.310 e. The van der Waals surface area contributed by atoms with Crippen molar-refractivity contribution in [2.75, 3.05) is 13.2 Å². The second-order valence-corrected chi connectivity index (χ2v) is 4.35. The summed E-state index contributed by atoms with van der Waals surface area (Å²) in [6.07, 6.45) is 0.341. The van der Waals surface area contributed by atoms with Gasteiger partial charge in [-0.1, -0.05) is 0 Å². The van der Waals surface area contributed by atoms with Crippen LogP contribution in [0.5, 0.6) is 0 Å². The molecule has 0 unspecified atom stereocenters. The Hall–Kier alpha value is -1.39. The van der Waals surface area contributed by atoms with Crippen LogP contribution in [0, 0.1) is 23.7 Å². The third-order valence-electron chi connectivity index (χ3n) is 3.59. The van der Waals surface area contributed by atoms with E-state index in [0.717, 1.165) is 0 Å². The monoisotopic (exact) mass is 210 g/mol. The number of hydrogen-bond acceptors (Lipinski definition) is 5. The lowest BCUT2D eigenvalue weighted by molar-refractivity contribution is -0.151. The predicted molar refractivity (Wildman–Crippen MR) is 45.5 cm³/mol. The molecule has 4 atom stereocenters. The summed E-state index contributed by atoms with van der Waals surface area (Å²) in [6.45, 7) is 0.407. The van der Waals surface area contributed by atoms with Crippen LogP contribution in [-0.4, -0.2) is 30.9 Å². The third kappa shape index (κ3) is 1.06. The molecule has 0 amide bonds. The van der Waals surface area contributed by atoms with E-state index in [4.69, 9.17) is 9.47 Å². The second kappa shape index (κ2) is 2.81. The van der Waals surface area contributed by atoms with Gasteiger partial charge in [-0.3, -0.25) is 14.4 Å². The Morgan fingerprint density at radius 3 is 2.40 bits per heavy atom. The number of esters is 2. The Kier molecular flexibility index (Phi) is 1.66. The molecule has 0 aromatic carbocycles. The summed E-state index contributed by atoms with van der Waals surface area (Å²) in [5.41, 5.74) is 0. The minimum absolute atomic E-state index is 0.0328. The molecule has 0 aromatic heterocycles. The summed E-state index contributed by atoms with van der Waals surface area (Å²) in [6, 6.07) is 0. The van der Waals surface area contributed by atoms with E-state index in [9.17, 15) is 14.4 Å². The molecule has 0 radical (unpaired) electrons. The molecular formula is C10H10O5. The van der Waals surface area contributed by atoms with Gasteiger partial charge >= 0.3 is 11.9 Å². The second-order valence-electron chi connectivity index (χ2n) is 4.35. The summed E-state index contributed by atoms with van der Waals surface area (Å²) in [7, 11) is 0. The Labute approximate surface area is 85.7 Å². The fourth-order valence-corrected chi connectivity index (χ4v) is 2.84. The fourth-order valence-electron chi connectivity index (χ4n) is 2.84. The van der Waals surface area contributed by atoms with Crippen LogP contribution in [0.3, 0.4) is 0 Å². The topological polar surface area (TPSA) is 69.7 Å². The van der Waals surface area contributed by atoms with Crippen LogP contribution in [0.25, 0.3) is 0 Å². The summed E-state index contributed by atoms with van der Waals surface area (Å²) < 4.78 is 9.77. The first-order valence-corrected chi connectivity index (χ1v) is 5.04. The Morgan fingerprint density at radius 2 is 1.60 bits per heavy atom. The van der Waals surface area contributed by atoms with Gasteiger partial charge in [-0.05, 0) is 0 Å². The van der Waals surface area contributed by atoms with Crippen molar-refractivity contribution in [2.45, 2.75) is 6.42 Å². The van der Waals surface area contributed by atoms with Gasteiger partial charge in [0.2, 0.25) is 0 Å². The molecule has 80 valence electrons. The fraction of sp³-hybridized carbons (Fsp3) is 0.700. The number of carbonyl (C=O) groups is 3. The van der Waals surface area contributed by atoms with E-state index < -0.39 is 23.7 Å². The van der Waals surface area contributed by atoms with E-state index in [1.54, 1.807) is 0 Å². The lowest BCUT2D eigenvalue weighted by Crippen LogP contribution is -2.42. The molecule has 3 aliphatic rings. The van der Waals surface area contributed by atoms with E-state index in [-0.39, 0.29) is 30.9 Å². The van der Waals surface area contributed by atoms with Crippen LogP contribution in [0.1, 0.15) is 6.42 Å². The van der Waals surface area contributed by atoms with Crippen molar-refractivity contribution in [3.63, 3.8) is 0 Å². The molecule has 2 heterocycles. The van der Waals surface area contributed by atoms with E-state index in [1.807, 2.05) is 0 Å². The average molecular weight is 210 g/mol. The number of cyclic esters (lactones) is 2. The lowest BCUT2D eigenvalue weighted by atomic mass is 9.68. The number of ketones is 1. The highest BCUT2D eigenvalue weighted by Crippen LogP contribution is 2.44. The quantitative estimate of drug-likeness (QED) is 0.506. The van der Waals surface area contributed by atoms with Crippen molar-refractivity contribution in [2.24, 2.45) is 23.7 Å². The van der Waals surface area contributed by atoms with Crippen molar-refractivity contribution in [3.05, 3.63) is 0 Å². The molecule has 5 nitrogen and oxygen atoms in total. The van der Waals surface area contributed by atoms with Gasteiger partial charge in [-0.25, -0.2) is 0 Å². The van der Waals surface area contributed by atoms with E-state index >= 15 is 0 Å². The highest BCUT2D eigenvalue weighted by atomic mass is 16.5. The molecule has 1 saturated carbocycles. The van der Waals surface area contributed by atoms with Crippen molar-refractivity contribution in [1.29, 1.82) is 0 Å². The van der Waals surface area contributed by atoms with Gasteiger partial charge in [-0.2, -0.15) is 0 Å². The minimum Gasteiger partial charge on any atom is -0.465 e. The molecule has 2 aliphatic heterocycles. The number of rotatable bonds is 0. The van der Waals surface area contributed by atoms with Crippen LogP contribution in [-0.2, 0) is 23.9 Å². The zero-order valence-electron chi connectivity index (χ0n) is 7.97. The normalized spacial score (nSPS) is 43.3. The van der Waals surface area contributed by atoms with Crippen LogP contribution in [0.4, 0.5) is 0 Å². The molecule has 3 fully saturated rings. The van der Waals surface area contributed by atoms with Crippen molar-refractivity contribution in [1.82, 2.24) is 0 Å². The number of fused-ring (bicyclic) bond motifs is 3. The SMILES string of the molecule is O=C1OC[C@@H]2CC(=O)[C@@H]3COC(=O)[C@@H]3[C@H]12. The molecule has 0 bridgehead atoms. The molecule has 0 N–H and O–H groups in total. The molecule has 2 saturated heterocycles. The van der Waals surface area contributed by atoms with Crippen LogP contribution in [0.15, 0.2) is 0 Å². The van der Waals surface area contributed by atoms with Gasteiger partial charge in [0.1, 0.15) is 12.4 Å². The maximum absolute atomic E-state index is 11.7. The maximum atomic E-state index is 11.7. The number of Topliss-reactive ketones (excluding diaryl/α,β-unsaturated/α-hetero) is 1. The van der Waals surface area contributed by atoms with Crippen LogP contribution >= 0.6 is 0 Å². The summed E-state index contributed by atoms with van der Waals surface area (Å²) in [4.78, 5) is 34.6. The van der Waals surface area contributed by atoms with Crippen LogP contribution < -0.4 is 0 Å².